The smallest absolute Gasteiger partial charge is 0.481 e. The van der Waals surface area contributed by atoms with Crippen molar-refractivity contribution in [2.45, 2.75) is 57.6 Å². The van der Waals surface area contributed by atoms with Crippen molar-refractivity contribution in [1.82, 2.24) is 0 Å². The monoisotopic (exact) mass is 378 g/mol. The molecule has 1 aliphatic heterocycles. The molecule has 0 spiro atoms. The van der Waals surface area contributed by atoms with E-state index in [1.54, 1.807) is 0 Å². The summed E-state index contributed by atoms with van der Waals surface area (Å²) in [5, 5.41) is 19.8. The van der Waals surface area contributed by atoms with Crippen LogP contribution in [0.2, 0.25) is 0 Å². The van der Waals surface area contributed by atoms with Crippen LogP contribution in [-0.4, -0.2) is 52.4 Å². The molecule has 1 heterocycles. The molecule has 0 radical (unpaired) electrons. The highest BCUT2D eigenvalue weighted by atomic mass is 16.7. The molecular weight excluding hydrogens is 350 g/mol. The number of hydrogen-bond donors (Lipinski definition) is 2. The van der Waals surface area contributed by atoms with Crippen molar-refractivity contribution >= 4 is 12.1 Å². The van der Waals surface area contributed by atoms with Crippen LogP contribution in [0.15, 0.2) is 30.3 Å². The fraction of sp³-hybridized carbons (Fsp3) is 0.600. The van der Waals surface area contributed by atoms with Crippen molar-refractivity contribution in [2.75, 3.05) is 13.1 Å². The summed E-state index contributed by atoms with van der Waals surface area (Å²) in [5.74, 6) is -1.12. The Hall–Kier alpha value is -1.96. The van der Waals surface area contributed by atoms with Gasteiger partial charge in [-0.15, -0.1) is 0 Å². The van der Waals surface area contributed by atoms with Gasteiger partial charge in [0.05, 0.1) is 25.1 Å². The molecule has 1 saturated heterocycles. The number of carboxylic acid groups (broad SMARTS) is 1. The average molecular weight is 378 g/mol. The van der Waals surface area contributed by atoms with E-state index in [9.17, 15) is 14.7 Å². The van der Waals surface area contributed by atoms with Gasteiger partial charge in [0.25, 0.3) is 0 Å². The lowest BCUT2D eigenvalue weighted by atomic mass is 9.87. The summed E-state index contributed by atoms with van der Waals surface area (Å²) >= 11 is 0. The summed E-state index contributed by atoms with van der Waals surface area (Å²) in [6, 6.07) is 9.44. The van der Waals surface area contributed by atoms with E-state index in [0.717, 1.165) is 18.4 Å². The first-order valence-corrected chi connectivity index (χ1v) is 9.65. The first-order chi connectivity index (χ1) is 13.0. The number of aliphatic hydroxyl groups excluding tert-OH is 1. The molecule has 1 aromatic rings. The maximum absolute atomic E-state index is 12.8. The molecule has 7 nitrogen and oxygen atoms in total. The number of ether oxygens (including phenoxy) is 2. The van der Waals surface area contributed by atoms with Crippen LogP contribution < -0.4 is 0 Å². The number of benzene rings is 1. The van der Waals surface area contributed by atoms with E-state index < -0.39 is 18.5 Å². The molecule has 27 heavy (non-hydrogen) atoms. The standard InChI is InChI=1S/C20H27NO6/c22-18(23)16-8-10-17(11-9-16)27-20(25)21(12-4-5-13-21)19(24)26-14-15-6-2-1-3-7-15/h1-3,6-7,16-17,20,25H,4-5,8-14H2/p+1. The Balaban J connectivity index is 1.58. The number of carbonyl (C=O) groups is 2. The Morgan fingerprint density at radius 3 is 2.30 bits per heavy atom. The molecular formula is C20H28NO6+. The van der Waals surface area contributed by atoms with E-state index >= 15 is 0 Å². The zero-order valence-electron chi connectivity index (χ0n) is 15.5. The second kappa shape index (κ2) is 8.82. The molecule has 2 fully saturated rings. The number of nitrogens with zero attached hydrogens (tertiary/aromatic N) is 1. The number of quaternary nitrogens is 1. The molecule has 2 N–H and O–H groups in total. The van der Waals surface area contributed by atoms with Gasteiger partial charge in [0, 0.05) is 12.8 Å². The minimum absolute atomic E-state index is 0.163. The number of carboxylic acids is 1. The number of aliphatic hydroxyl groups is 1. The van der Waals surface area contributed by atoms with Crippen molar-refractivity contribution < 1.29 is 33.8 Å². The van der Waals surface area contributed by atoms with E-state index in [-0.39, 0.29) is 23.1 Å². The summed E-state index contributed by atoms with van der Waals surface area (Å²) in [5.41, 5.74) is 0.894. The van der Waals surface area contributed by atoms with Gasteiger partial charge < -0.3 is 19.7 Å². The van der Waals surface area contributed by atoms with Crippen molar-refractivity contribution in [3.63, 3.8) is 0 Å². The highest BCUT2D eigenvalue weighted by Gasteiger charge is 2.50. The molecule has 7 heteroatoms. The maximum atomic E-state index is 12.8. The van der Waals surface area contributed by atoms with Crippen LogP contribution in [0.5, 0.6) is 0 Å². The summed E-state index contributed by atoms with van der Waals surface area (Å²) in [6.45, 7) is 1.13. The van der Waals surface area contributed by atoms with Crippen molar-refractivity contribution in [3.05, 3.63) is 35.9 Å². The second-order valence-electron chi connectivity index (χ2n) is 7.50. The average Bonchev–Trinajstić information content (AvgIpc) is 3.18. The Morgan fingerprint density at radius 2 is 1.70 bits per heavy atom. The molecule has 1 atom stereocenters. The summed E-state index contributed by atoms with van der Waals surface area (Å²) in [4.78, 5) is 23.9. The molecule has 0 aromatic heterocycles. The summed E-state index contributed by atoms with van der Waals surface area (Å²) < 4.78 is 11.1. The lowest BCUT2D eigenvalue weighted by Crippen LogP contribution is -2.59. The van der Waals surface area contributed by atoms with Crippen LogP contribution in [0.4, 0.5) is 4.79 Å². The normalized spacial score (nSPS) is 25.7. The predicted molar refractivity (Wildman–Crippen MR) is 96.3 cm³/mol. The summed E-state index contributed by atoms with van der Waals surface area (Å²) in [6.07, 6.45) is 1.90. The minimum atomic E-state index is -1.28. The van der Waals surface area contributed by atoms with Crippen LogP contribution in [-0.2, 0) is 20.9 Å². The number of aliphatic carboxylic acids is 1. The van der Waals surface area contributed by atoms with E-state index in [2.05, 4.69) is 0 Å². The SMILES string of the molecule is O=C(O)C1CCC(OC(O)[N+]2(C(=O)OCc3ccccc3)CCCC2)CC1. The quantitative estimate of drug-likeness (QED) is 0.584. The van der Waals surface area contributed by atoms with E-state index in [1.165, 1.54) is 0 Å². The van der Waals surface area contributed by atoms with Crippen molar-refractivity contribution in [2.24, 2.45) is 5.92 Å². The highest BCUT2D eigenvalue weighted by molar-refractivity contribution is 5.70. The van der Waals surface area contributed by atoms with Gasteiger partial charge in [0.2, 0.25) is 0 Å². The van der Waals surface area contributed by atoms with Gasteiger partial charge in [-0.05, 0) is 31.2 Å². The topological polar surface area (TPSA) is 93.1 Å². The molecule has 148 valence electrons. The molecule has 1 unspecified atom stereocenters. The Labute approximate surface area is 159 Å². The van der Waals surface area contributed by atoms with Gasteiger partial charge >= 0.3 is 18.5 Å². The van der Waals surface area contributed by atoms with Gasteiger partial charge in [0.15, 0.2) is 0 Å². The Kier molecular flexibility index (Phi) is 6.46. The van der Waals surface area contributed by atoms with E-state index in [0.29, 0.717) is 38.8 Å². The van der Waals surface area contributed by atoms with Crippen LogP contribution in [0.25, 0.3) is 0 Å². The number of amides is 1. The van der Waals surface area contributed by atoms with E-state index in [4.69, 9.17) is 14.6 Å². The fourth-order valence-electron chi connectivity index (χ4n) is 3.98. The number of likely N-dealkylation sites (tertiary alicyclic amines) is 1. The summed E-state index contributed by atoms with van der Waals surface area (Å²) in [7, 11) is 0. The fourth-order valence-corrected chi connectivity index (χ4v) is 3.98. The van der Waals surface area contributed by atoms with Gasteiger partial charge in [-0.25, -0.2) is 0 Å². The minimum Gasteiger partial charge on any atom is -0.481 e. The van der Waals surface area contributed by atoms with Crippen molar-refractivity contribution in [3.8, 4) is 0 Å². The van der Waals surface area contributed by atoms with E-state index in [1.807, 2.05) is 30.3 Å². The molecule has 1 aliphatic carbocycles. The van der Waals surface area contributed by atoms with Gasteiger partial charge in [-0.2, -0.15) is 9.28 Å². The van der Waals surface area contributed by atoms with Crippen LogP contribution in [0, 0.1) is 5.92 Å². The third kappa shape index (κ3) is 4.66. The molecule has 3 rings (SSSR count). The first kappa shape index (κ1) is 19.8. The third-order valence-corrected chi connectivity index (χ3v) is 5.69. The molecule has 2 aliphatic rings. The van der Waals surface area contributed by atoms with Gasteiger partial charge in [-0.3, -0.25) is 4.79 Å². The Bertz CT molecular complexity index is 635. The lowest BCUT2D eigenvalue weighted by Gasteiger charge is -2.36. The van der Waals surface area contributed by atoms with Gasteiger partial charge in [0.1, 0.15) is 6.61 Å². The number of hydrogen-bond acceptors (Lipinski definition) is 5. The second-order valence-corrected chi connectivity index (χ2v) is 7.50. The zero-order valence-corrected chi connectivity index (χ0v) is 15.5. The molecule has 1 aromatic carbocycles. The van der Waals surface area contributed by atoms with Crippen LogP contribution in [0.1, 0.15) is 44.1 Å². The number of rotatable bonds is 6. The zero-order chi connectivity index (χ0) is 19.3. The first-order valence-electron chi connectivity index (χ1n) is 9.65. The van der Waals surface area contributed by atoms with Gasteiger partial charge in [-0.1, -0.05) is 30.3 Å². The number of carbonyl (C=O) groups excluding carboxylic acids is 1. The predicted octanol–water partition coefficient (Wildman–Crippen LogP) is 2.87. The molecule has 1 saturated carbocycles. The van der Waals surface area contributed by atoms with Crippen LogP contribution in [0.3, 0.4) is 0 Å². The maximum Gasteiger partial charge on any atom is 0.520 e. The Morgan fingerprint density at radius 1 is 1.07 bits per heavy atom. The largest absolute Gasteiger partial charge is 0.520 e. The molecule has 1 amide bonds. The third-order valence-electron chi connectivity index (χ3n) is 5.69. The molecule has 0 bridgehead atoms. The highest BCUT2D eigenvalue weighted by Crippen LogP contribution is 2.31. The van der Waals surface area contributed by atoms with Crippen molar-refractivity contribution in [1.29, 1.82) is 0 Å². The lowest BCUT2D eigenvalue weighted by molar-refractivity contribution is -0.922. The van der Waals surface area contributed by atoms with Crippen LogP contribution >= 0.6 is 0 Å².